The zero-order valence-corrected chi connectivity index (χ0v) is 25.4. The third-order valence-electron chi connectivity index (χ3n) is 7.24. The van der Waals surface area contributed by atoms with Crippen molar-refractivity contribution in [3.8, 4) is 0 Å². The summed E-state index contributed by atoms with van der Waals surface area (Å²) < 4.78 is 0. The van der Waals surface area contributed by atoms with Gasteiger partial charge in [0.1, 0.15) is 0 Å². The summed E-state index contributed by atoms with van der Waals surface area (Å²) in [5.74, 6) is 0. The van der Waals surface area contributed by atoms with Crippen molar-refractivity contribution in [2.45, 2.75) is 113 Å². The molecule has 0 heterocycles. The van der Waals surface area contributed by atoms with Gasteiger partial charge in [-0.2, -0.15) is 0 Å². The van der Waals surface area contributed by atoms with Crippen LogP contribution in [0.25, 0.3) is 0 Å². The first-order valence-electron chi connectivity index (χ1n) is 14.5. The molecule has 0 aliphatic heterocycles. The van der Waals surface area contributed by atoms with Gasteiger partial charge in [0.05, 0.1) is 0 Å². The molecule has 0 aromatic heterocycles. The summed E-state index contributed by atoms with van der Waals surface area (Å²) in [5.41, 5.74) is 9.50. The Morgan fingerprint density at radius 2 is 0.486 bits per heavy atom. The molecule has 3 aliphatic carbocycles. The topological polar surface area (TPSA) is 0 Å². The number of hydrogen-bond donors (Lipinski definition) is 0. The largest absolute Gasteiger partial charge is 0.0683 e. The van der Waals surface area contributed by atoms with E-state index in [-0.39, 0.29) is 16.2 Å². The predicted molar refractivity (Wildman–Crippen MR) is 161 cm³/mol. The van der Waals surface area contributed by atoms with Gasteiger partial charge in [0.2, 0.25) is 0 Å². The fourth-order valence-electron chi connectivity index (χ4n) is 6.54. The zero-order valence-electron chi connectivity index (χ0n) is 25.4. The second-order valence-corrected chi connectivity index (χ2v) is 7.64. The Hall–Kier alpha value is -2.34. The standard InChI is InChI=1S/C23H18.6C2H6/c1-21-15-9-3-4-10-16(15)22(2)18-12-6-8-14-20(18)23(21,22)19-13-7-5-11-17(19)21;6*1-2/h3-14H,1-2H3;6*1-2H3. The van der Waals surface area contributed by atoms with Crippen LogP contribution < -0.4 is 0 Å². The minimum atomic E-state index is 0.100. The second kappa shape index (κ2) is 14.3. The molecule has 0 bridgehead atoms. The molecule has 0 N–H and O–H groups in total. The Balaban J connectivity index is 0.000000855. The summed E-state index contributed by atoms with van der Waals surface area (Å²) >= 11 is 0. The molecule has 3 aromatic rings. The lowest BCUT2D eigenvalue weighted by molar-refractivity contribution is 0.168. The van der Waals surface area contributed by atoms with Crippen LogP contribution >= 0.6 is 0 Å². The normalized spacial score (nSPS) is 23.5. The van der Waals surface area contributed by atoms with E-state index in [0.29, 0.717) is 0 Å². The van der Waals surface area contributed by atoms with Gasteiger partial charge in [0, 0.05) is 16.2 Å². The van der Waals surface area contributed by atoms with Gasteiger partial charge in [0.15, 0.2) is 0 Å². The van der Waals surface area contributed by atoms with Crippen LogP contribution in [0, 0.1) is 0 Å². The van der Waals surface area contributed by atoms with Gasteiger partial charge >= 0.3 is 0 Å². The highest BCUT2D eigenvalue weighted by Gasteiger charge is 2.80. The first-order valence-corrected chi connectivity index (χ1v) is 14.5. The SMILES string of the molecule is CC.CC.CC.CC.CC.CC.CC12c3ccccc3C3(C)c4ccccc4C13c1ccccc12. The summed E-state index contributed by atoms with van der Waals surface area (Å²) in [7, 11) is 0. The molecule has 0 saturated heterocycles. The van der Waals surface area contributed by atoms with Gasteiger partial charge in [-0.15, -0.1) is 0 Å². The van der Waals surface area contributed by atoms with Gasteiger partial charge in [-0.25, -0.2) is 0 Å². The molecule has 0 saturated carbocycles. The van der Waals surface area contributed by atoms with E-state index in [9.17, 15) is 0 Å². The maximum atomic E-state index is 2.47. The molecule has 6 rings (SSSR count). The first-order chi connectivity index (χ1) is 17.2. The van der Waals surface area contributed by atoms with E-state index in [1.807, 2.05) is 83.1 Å². The Bertz CT molecular complexity index is 929. The third-order valence-corrected chi connectivity index (χ3v) is 7.24. The first kappa shape index (κ1) is 32.7. The van der Waals surface area contributed by atoms with Crippen molar-refractivity contribution >= 4 is 0 Å². The fourth-order valence-corrected chi connectivity index (χ4v) is 6.54. The average molecular weight is 475 g/mol. The summed E-state index contributed by atoms with van der Waals surface area (Å²) in [6, 6.07) is 27.3. The Labute approximate surface area is 219 Å². The lowest BCUT2D eigenvalue weighted by atomic mass is 9.32. The van der Waals surface area contributed by atoms with Crippen LogP contribution in [-0.2, 0) is 16.2 Å². The quantitative estimate of drug-likeness (QED) is 0.304. The summed E-state index contributed by atoms with van der Waals surface area (Å²) in [5, 5.41) is 0. The molecular formula is C35H54. The average Bonchev–Trinajstić information content (AvgIpc) is 3.10. The molecule has 0 amide bonds. The lowest BCUT2D eigenvalue weighted by Crippen LogP contribution is -2.69. The van der Waals surface area contributed by atoms with E-state index in [1.54, 1.807) is 11.1 Å². The van der Waals surface area contributed by atoms with E-state index in [0.717, 1.165) is 0 Å². The maximum Gasteiger partial charge on any atom is 0.0478 e. The van der Waals surface area contributed by atoms with Crippen molar-refractivity contribution in [3.63, 3.8) is 0 Å². The molecule has 0 nitrogen and oxygen atoms in total. The van der Waals surface area contributed by atoms with Crippen LogP contribution in [0.2, 0.25) is 0 Å². The van der Waals surface area contributed by atoms with E-state index in [2.05, 4.69) is 86.6 Å². The fraction of sp³-hybridized carbons (Fsp3) is 0.486. The van der Waals surface area contributed by atoms with E-state index in [4.69, 9.17) is 0 Å². The van der Waals surface area contributed by atoms with Gasteiger partial charge in [0.25, 0.3) is 0 Å². The van der Waals surface area contributed by atoms with Gasteiger partial charge in [-0.05, 0) is 33.4 Å². The number of rotatable bonds is 0. The van der Waals surface area contributed by atoms with Crippen molar-refractivity contribution in [2.24, 2.45) is 0 Å². The highest BCUT2D eigenvalue weighted by atomic mass is 14.8. The van der Waals surface area contributed by atoms with Gasteiger partial charge in [-0.1, -0.05) is 170 Å². The Morgan fingerprint density at radius 3 is 0.714 bits per heavy atom. The van der Waals surface area contributed by atoms with Crippen LogP contribution in [0.4, 0.5) is 0 Å². The van der Waals surface area contributed by atoms with Gasteiger partial charge in [-0.3, -0.25) is 0 Å². The number of hydrogen-bond acceptors (Lipinski definition) is 0. The van der Waals surface area contributed by atoms with Crippen molar-refractivity contribution in [1.82, 2.24) is 0 Å². The van der Waals surface area contributed by atoms with Crippen molar-refractivity contribution in [3.05, 3.63) is 106 Å². The third kappa shape index (κ3) is 3.89. The van der Waals surface area contributed by atoms with Crippen LogP contribution in [0.5, 0.6) is 0 Å². The van der Waals surface area contributed by atoms with Crippen molar-refractivity contribution in [1.29, 1.82) is 0 Å². The zero-order chi connectivity index (χ0) is 27.4. The molecule has 3 aliphatic rings. The Kier molecular flexibility index (Phi) is 13.3. The predicted octanol–water partition coefficient (Wildman–Crippen LogP) is 11.1. The van der Waals surface area contributed by atoms with Crippen LogP contribution in [0.3, 0.4) is 0 Å². The number of benzene rings is 3. The minimum Gasteiger partial charge on any atom is -0.0683 e. The molecule has 2 atom stereocenters. The molecule has 194 valence electrons. The summed E-state index contributed by atoms with van der Waals surface area (Å²) in [6.45, 7) is 28.9. The number of fused-ring (bicyclic) bond motifs is 7. The lowest BCUT2D eigenvalue weighted by Gasteiger charge is -2.68. The maximum absolute atomic E-state index is 2.47. The molecule has 3 aromatic carbocycles. The molecule has 35 heavy (non-hydrogen) atoms. The highest BCUT2D eigenvalue weighted by Crippen LogP contribution is 2.81. The minimum absolute atomic E-state index is 0.100. The second-order valence-electron chi connectivity index (χ2n) is 7.64. The van der Waals surface area contributed by atoms with E-state index >= 15 is 0 Å². The van der Waals surface area contributed by atoms with Gasteiger partial charge < -0.3 is 0 Å². The molecule has 0 heteroatoms. The van der Waals surface area contributed by atoms with Crippen LogP contribution in [-0.4, -0.2) is 0 Å². The van der Waals surface area contributed by atoms with Crippen LogP contribution in [0.1, 0.15) is 130 Å². The molecule has 0 radical (unpaired) electrons. The molecule has 2 unspecified atom stereocenters. The van der Waals surface area contributed by atoms with E-state index in [1.165, 1.54) is 22.3 Å². The van der Waals surface area contributed by atoms with Crippen LogP contribution in [0.15, 0.2) is 72.8 Å². The monoisotopic (exact) mass is 474 g/mol. The van der Waals surface area contributed by atoms with E-state index < -0.39 is 0 Å². The molecular weight excluding hydrogens is 420 g/mol. The molecule has 0 fully saturated rings. The Morgan fingerprint density at radius 1 is 0.314 bits per heavy atom. The van der Waals surface area contributed by atoms with Crippen molar-refractivity contribution in [2.75, 3.05) is 0 Å². The summed E-state index contributed by atoms with van der Waals surface area (Å²) in [6.07, 6.45) is 0. The summed E-state index contributed by atoms with van der Waals surface area (Å²) in [4.78, 5) is 0. The molecule has 1 spiro atoms. The van der Waals surface area contributed by atoms with Crippen molar-refractivity contribution < 1.29 is 0 Å². The smallest absolute Gasteiger partial charge is 0.0478 e. The highest BCUT2D eigenvalue weighted by molar-refractivity contribution is 5.84.